The summed E-state index contributed by atoms with van der Waals surface area (Å²) < 4.78 is 7.96. The Morgan fingerprint density at radius 3 is 3.03 bits per heavy atom. The predicted octanol–water partition coefficient (Wildman–Crippen LogP) is 4.89. The number of aryl methyl sites for hydroxylation is 1. The molecule has 3 aromatic heterocycles. The maximum absolute atomic E-state index is 13.1. The molecule has 0 aliphatic carbocycles. The minimum absolute atomic E-state index is 0.0430. The van der Waals surface area contributed by atoms with Crippen LogP contribution in [0.15, 0.2) is 59.4 Å². The quantitative estimate of drug-likeness (QED) is 0.458. The fourth-order valence-electron chi connectivity index (χ4n) is 4.22. The number of piperidine rings is 1. The number of benzene rings is 1. The lowest BCUT2D eigenvalue weighted by Gasteiger charge is -2.30. The number of nitrogens with zero attached hydrogens (tertiary/aromatic N) is 4. The van der Waals surface area contributed by atoms with Gasteiger partial charge in [-0.1, -0.05) is 29.8 Å². The Bertz CT molecular complexity index is 1250. The Kier molecular flexibility index (Phi) is 5.24. The van der Waals surface area contributed by atoms with Gasteiger partial charge < -0.3 is 13.7 Å². The zero-order valence-corrected chi connectivity index (χ0v) is 18.0. The molecule has 0 spiro atoms. The van der Waals surface area contributed by atoms with Gasteiger partial charge in [-0.2, -0.15) is 0 Å². The van der Waals surface area contributed by atoms with Gasteiger partial charge in [0.25, 0.3) is 5.91 Å². The van der Waals surface area contributed by atoms with Gasteiger partial charge >= 0.3 is 0 Å². The monoisotopic (exact) mass is 434 g/mol. The first kappa shape index (κ1) is 19.8. The van der Waals surface area contributed by atoms with Gasteiger partial charge in [0.2, 0.25) is 0 Å². The number of halogens is 1. The van der Waals surface area contributed by atoms with Gasteiger partial charge in [-0.05, 0) is 49.1 Å². The SMILES string of the molecule is Cc1cccn2cc(C(=O)N3CCC[C@H](c4ncc(Cc5cccc(Cl)c5)o4)C3)nc12. The highest BCUT2D eigenvalue weighted by Crippen LogP contribution is 2.28. The minimum Gasteiger partial charge on any atom is -0.445 e. The van der Waals surface area contributed by atoms with Crippen LogP contribution in [0.25, 0.3) is 5.65 Å². The second-order valence-electron chi connectivity index (χ2n) is 8.11. The third-order valence-electron chi connectivity index (χ3n) is 5.79. The lowest BCUT2D eigenvalue weighted by atomic mass is 9.98. The highest BCUT2D eigenvalue weighted by Gasteiger charge is 2.29. The van der Waals surface area contributed by atoms with Gasteiger partial charge in [0, 0.05) is 36.9 Å². The molecule has 7 heteroatoms. The first-order valence-corrected chi connectivity index (χ1v) is 10.9. The van der Waals surface area contributed by atoms with Crippen LogP contribution < -0.4 is 0 Å². The van der Waals surface area contributed by atoms with Crippen LogP contribution >= 0.6 is 11.6 Å². The number of likely N-dealkylation sites (tertiary alicyclic amines) is 1. The molecular weight excluding hydrogens is 412 g/mol. The van der Waals surface area contributed by atoms with Crippen LogP contribution in [0.2, 0.25) is 5.02 Å². The zero-order chi connectivity index (χ0) is 21.4. The van der Waals surface area contributed by atoms with Gasteiger partial charge in [-0.3, -0.25) is 4.79 Å². The number of pyridine rings is 1. The summed E-state index contributed by atoms with van der Waals surface area (Å²) in [6.07, 6.45) is 8.01. The van der Waals surface area contributed by atoms with Crippen molar-refractivity contribution in [3.63, 3.8) is 0 Å². The molecule has 1 aromatic carbocycles. The largest absolute Gasteiger partial charge is 0.445 e. The van der Waals surface area contributed by atoms with E-state index in [9.17, 15) is 4.79 Å². The van der Waals surface area contributed by atoms with E-state index in [1.165, 1.54) is 0 Å². The number of oxazole rings is 1. The van der Waals surface area contributed by atoms with Crippen LogP contribution in [0, 0.1) is 6.92 Å². The van der Waals surface area contributed by atoms with E-state index in [-0.39, 0.29) is 11.8 Å². The van der Waals surface area contributed by atoms with Crippen molar-refractivity contribution in [3.8, 4) is 0 Å². The van der Waals surface area contributed by atoms with E-state index < -0.39 is 0 Å². The van der Waals surface area contributed by atoms with E-state index in [0.717, 1.165) is 41.9 Å². The van der Waals surface area contributed by atoms with Gasteiger partial charge in [0.15, 0.2) is 5.89 Å². The maximum Gasteiger partial charge on any atom is 0.274 e. The zero-order valence-electron chi connectivity index (χ0n) is 17.3. The molecule has 1 atom stereocenters. The summed E-state index contributed by atoms with van der Waals surface area (Å²) in [5.41, 5.74) is 3.42. The van der Waals surface area contributed by atoms with E-state index in [1.54, 1.807) is 6.20 Å². The average Bonchev–Trinajstić information content (AvgIpc) is 3.41. The molecule has 1 saturated heterocycles. The van der Waals surface area contributed by atoms with Crippen molar-refractivity contribution in [1.82, 2.24) is 19.3 Å². The first-order valence-electron chi connectivity index (χ1n) is 10.5. The van der Waals surface area contributed by atoms with Crippen molar-refractivity contribution >= 4 is 23.2 Å². The maximum atomic E-state index is 13.1. The molecular formula is C24H23ClN4O2. The fraction of sp³-hybridized carbons (Fsp3) is 0.292. The summed E-state index contributed by atoms with van der Waals surface area (Å²) in [6, 6.07) is 11.7. The molecule has 0 N–H and O–H groups in total. The Morgan fingerprint density at radius 2 is 2.19 bits per heavy atom. The summed E-state index contributed by atoms with van der Waals surface area (Å²) in [6.45, 7) is 3.30. The molecule has 4 heterocycles. The van der Waals surface area contributed by atoms with Crippen molar-refractivity contribution in [3.05, 3.63) is 88.5 Å². The Labute approximate surface area is 185 Å². The standard InChI is InChI=1S/C24H23ClN4O2/c1-16-5-3-9-28-15-21(27-22(16)28)24(30)29-10-4-7-18(14-29)23-26-13-20(31-23)12-17-6-2-8-19(25)11-17/h2-3,5-6,8-9,11,13,15,18H,4,7,10,12,14H2,1H3/t18-/m0/s1. The molecule has 31 heavy (non-hydrogen) atoms. The second-order valence-corrected chi connectivity index (χ2v) is 8.55. The van der Waals surface area contributed by atoms with Crippen molar-refractivity contribution in [2.24, 2.45) is 0 Å². The van der Waals surface area contributed by atoms with Gasteiger partial charge in [0.1, 0.15) is 17.1 Å². The van der Waals surface area contributed by atoms with E-state index in [1.807, 2.05) is 65.0 Å². The summed E-state index contributed by atoms with van der Waals surface area (Å²) in [5.74, 6) is 1.54. The van der Waals surface area contributed by atoms with E-state index in [4.69, 9.17) is 16.0 Å². The van der Waals surface area contributed by atoms with E-state index in [0.29, 0.717) is 29.6 Å². The summed E-state index contributed by atoms with van der Waals surface area (Å²) in [5, 5.41) is 0.709. The lowest BCUT2D eigenvalue weighted by Crippen LogP contribution is -2.39. The van der Waals surface area contributed by atoms with Gasteiger partial charge in [0.05, 0.1) is 12.1 Å². The number of hydrogen-bond donors (Lipinski definition) is 0. The van der Waals surface area contributed by atoms with Crippen molar-refractivity contribution in [1.29, 1.82) is 0 Å². The molecule has 6 nitrogen and oxygen atoms in total. The third kappa shape index (κ3) is 4.08. The molecule has 1 amide bonds. The Morgan fingerprint density at radius 1 is 1.29 bits per heavy atom. The smallest absolute Gasteiger partial charge is 0.274 e. The number of aromatic nitrogens is 3. The number of fused-ring (bicyclic) bond motifs is 1. The number of rotatable bonds is 4. The first-order chi connectivity index (χ1) is 15.1. The fourth-order valence-corrected chi connectivity index (χ4v) is 4.44. The van der Waals surface area contributed by atoms with E-state index >= 15 is 0 Å². The topological polar surface area (TPSA) is 63.6 Å². The molecule has 158 valence electrons. The van der Waals surface area contributed by atoms with Crippen LogP contribution in [0.3, 0.4) is 0 Å². The average molecular weight is 435 g/mol. The molecule has 1 aliphatic heterocycles. The lowest BCUT2D eigenvalue weighted by molar-refractivity contribution is 0.0692. The third-order valence-corrected chi connectivity index (χ3v) is 6.03. The molecule has 4 aromatic rings. The van der Waals surface area contributed by atoms with Crippen LogP contribution in [0.5, 0.6) is 0 Å². The Balaban J connectivity index is 1.30. The molecule has 1 aliphatic rings. The Hall–Kier alpha value is -3.12. The van der Waals surface area contributed by atoms with Crippen molar-refractivity contribution in [2.75, 3.05) is 13.1 Å². The van der Waals surface area contributed by atoms with Crippen molar-refractivity contribution in [2.45, 2.75) is 32.1 Å². The van der Waals surface area contributed by atoms with Gasteiger partial charge in [-0.15, -0.1) is 0 Å². The van der Waals surface area contributed by atoms with Crippen molar-refractivity contribution < 1.29 is 9.21 Å². The molecule has 0 radical (unpaired) electrons. The summed E-state index contributed by atoms with van der Waals surface area (Å²) >= 11 is 6.08. The second kappa shape index (κ2) is 8.19. The highest BCUT2D eigenvalue weighted by molar-refractivity contribution is 6.30. The van der Waals surface area contributed by atoms with Crippen LogP contribution in [-0.2, 0) is 6.42 Å². The predicted molar refractivity (Wildman–Crippen MR) is 119 cm³/mol. The molecule has 0 unspecified atom stereocenters. The van der Waals surface area contributed by atoms with Crippen LogP contribution in [0.1, 0.15) is 52.0 Å². The number of amides is 1. The molecule has 5 rings (SSSR count). The molecule has 0 bridgehead atoms. The molecule has 0 saturated carbocycles. The van der Waals surface area contributed by atoms with E-state index in [2.05, 4.69) is 9.97 Å². The number of hydrogen-bond acceptors (Lipinski definition) is 4. The summed E-state index contributed by atoms with van der Waals surface area (Å²) in [4.78, 5) is 24.1. The van der Waals surface area contributed by atoms with Crippen LogP contribution in [-0.4, -0.2) is 38.3 Å². The minimum atomic E-state index is -0.0430. The molecule has 1 fully saturated rings. The number of carbonyl (C=O) groups excluding carboxylic acids is 1. The number of imidazole rings is 1. The summed E-state index contributed by atoms with van der Waals surface area (Å²) in [7, 11) is 0. The van der Waals surface area contributed by atoms with Crippen LogP contribution in [0.4, 0.5) is 0 Å². The van der Waals surface area contributed by atoms with Gasteiger partial charge in [-0.25, -0.2) is 9.97 Å². The normalized spacial score (nSPS) is 16.7. The highest BCUT2D eigenvalue weighted by atomic mass is 35.5. The number of carbonyl (C=O) groups is 1.